The molecule has 11 nitrogen and oxygen atoms in total. The second kappa shape index (κ2) is 12.8. The van der Waals surface area contributed by atoms with Gasteiger partial charge in [-0.2, -0.15) is 0 Å². The van der Waals surface area contributed by atoms with Crippen LogP contribution in [0.15, 0.2) is 53.1 Å². The molecule has 2 bridgehead atoms. The smallest absolute Gasteiger partial charge is 0.405 e. The monoisotopic (exact) mass is 676 g/mol. The maximum Gasteiger partial charge on any atom is 0.573 e. The van der Waals surface area contributed by atoms with Gasteiger partial charge >= 0.3 is 12.4 Å². The number of carbonyl (C=O) groups is 2. The van der Waals surface area contributed by atoms with Crippen LogP contribution in [0, 0.1) is 0 Å². The molecular weight excluding hydrogens is 641 g/mol. The van der Waals surface area contributed by atoms with Crippen molar-refractivity contribution in [2.45, 2.75) is 94.7 Å². The zero-order valence-electron chi connectivity index (χ0n) is 25.7. The molecule has 6 rings (SSSR count). The highest BCUT2D eigenvalue weighted by Crippen LogP contribution is 2.46. The number of para-hydroxylation sites is 1. The number of hydrogen-bond acceptors (Lipinski definition) is 8. The summed E-state index contributed by atoms with van der Waals surface area (Å²) < 4.78 is 81.9. The Bertz CT molecular complexity index is 1740. The molecule has 15 heteroatoms. The van der Waals surface area contributed by atoms with E-state index in [2.05, 4.69) is 15.2 Å². The molecule has 47 heavy (non-hydrogen) atoms. The zero-order chi connectivity index (χ0) is 33.5. The molecule has 1 aliphatic carbocycles. The van der Waals surface area contributed by atoms with Gasteiger partial charge in [-0.15, -0.1) is 13.2 Å². The third-order valence-electron chi connectivity index (χ3n) is 8.75. The van der Waals surface area contributed by atoms with Gasteiger partial charge in [0.25, 0.3) is 5.91 Å². The van der Waals surface area contributed by atoms with Crippen LogP contribution in [0.25, 0.3) is 11.3 Å². The summed E-state index contributed by atoms with van der Waals surface area (Å²) in [5, 5.41) is 6.20. The number of nitrogens with zero attached hydrogens (tertiary/aromatic N) is 2. The van der Waals surface area contributed by atoms with Gasteiger partial charge in [-0.05, 0) is 82.7 Å². The highest BCUT2D eigenvalue weighted by atomic mass is 32.2. The van der Waals surface area contributed by atoms with E-state index in [0.717, 1.165) is 25.7 Å². The summed E-state index contributed by atoms with van der Waals surface area (Å²) in [7, 11) is -3.82. The van der Waals surface area contributed by atoms with Crippen molar-refractivity contribution in [3.63, 3.8) is 0 Å². The Morgan fingerprint density at radius 3 is 2.40 bits per heavy atom. The number of piperidine rings is 1. The maximum atomic E-state index is 13.4. The van der Waals surface area contributed by atoms with Crippen LogP contribution in [0.4, 0.5) is 23.7 Å². The van der Waals surface area contributed by atoms with Crippen LogP contribution in [0.5, 0.6) is 5.75 Å². The average Bonchev–Trinajstić information content (AvgIpc) is 3.70. The molecule has 2 atom stereocenters. The standard InChI is InChI=1S/C32H35F3N4O7S/c1-18(2)47(42,43)38-30(40)20-6-5-7-21(14-20)36-31(41)39-22-12-13-23(39)16-24(15-22)44-17-26-28(37-46-29(26)19-10-11-19)25-8-3-4-9-27(25)45-32(33,34)35/h3-9,14,18-19,22-24H,10-13,15-17H2,1-2H3,(H,36,41)(H,38,40). The first-order chi connectivity index (χ1) is 22.3. The number of hydrogen-bond donors (Lipinski definition) is 2. The molecule has 252 valence electrons. The summed E-state index contributed by atoms with van der Waals surface area (Å²) in [6, 6.07) is 11.3. The van der Waals surface area contributed by atoms with Gasteiger partial charge in [0.05, 0.1) is 18.0 Å². The van der Waals surface area contributed by atoms with Crippen molar-refractivity contribution in [3.8, 4) is 17.0 Å². The number of nitrogens with one attached hydrogen (secondary N) is 2. The SMILES string of the molecule is CC(C)S(=O)(=O)NC(=O)c1cccc(NC(=O)N2C3CCC2CC(OCc2c(-c4ccccc4OC(F)(F)F)noc2C2CC2)C3)c1. The van der Waals surface area contributed by atoms with E-state index in [9.17, 15) is 31.2 Å². The molecule has 1 saturated carbocycles. The number of ether oxygens (including phenoxy) is 2. The minimum absolute atomic E-state index is 0.0860. The summed E-state index contributed by atoms with van der Waals surface area (Å²) in [6.07, 6.45) is -0.608. The highest BCUT2D eigenvalue weighted by molar-refractivity contribution is 7.90. The van der Waals surface area contributed by atoms with E-state index in [1.165, 1.54) is 44.2 Å². The predicted molar refractivity (Wildman–Crippen MR) is 164 cm³/mol. The third kappa shape index (κ3) is 7.40. The predicted octanol–water partition coefficient (Wildman–Crippen LogP) is 6.33. The van der Waals surface area contributed by atoms with Gasteiger partial charge < -0.3 is 24.2 Å². The molecule has 0 spiro atoms. The lowest BCUT2D eigenvalue weighted by molar-refractivity contribution is -0.274. The van der Waals surface area contributed by atoms with Crippen LogP contribution in [0.3, 0.4) is 0 Å². The molecule has 3 amide bonds. The van der Waals surface area contributed by atoms with Gasteiger partial charge in [0.1, 0.15) is 17.2 Å². The molecule has 3 fully saturated rings. The van der Waals surface area contributed by atoms with Crippen LogP contribution >= 0.6 is 0 Å². The highest BCUT2D eigenvalue weighted by Gasteiger charge is 2.44. The second-order valence-electron chi connectivity index (χ2n) is 12.4. The Morgan fingerprint density at radius 2 is 1.74 bits per heavy atom. The lowest BCUT2D eigenvalue weighted by Crippen LogP contribution is -2.50. The van der Waals surface area contributed by atoms with Crippen LogP contribution in [0.1, 0.15) is 80.0 Å². The number of halogens is 3. The molecule has 2 aromatic carbocycles. The molecule has 1 aromatic heterocycles. The first kappa shape index (κ1) is 32.8. The summed E-state index contributed by atoms with van der Waals surface area (Å²) >= 11 is 0. The van der Waals surface area contributed by atoms with Crippen molar-refractivity contribution in [2.75, 3.05) is 5.32 Å². The second-order valence-corrected chi connectivity index (χ2v) is 14.7. The molecule has 2 aliphatic heterocycles. The van der Waals surface area contributed by atoms with Gasteiger partial charge in [-0.1, -0.05) is 23.4 Å². The number of anilines is 1. The number of fused-ring (bicyclic) bond motifs is 2. The normalized spacial score (nSPS) is 21.1. The van der Waals surface area contributed by atoms with Crippen molar-refractivity contribution in [1.29, 1.82) is 0 Å². The van der Waals surface area contributed by atoms with Crippen LogP contribution in [-0.2, 0) is 21.4 Å². The Balaban J connectivity index is 1.11. The van der Waals surface area contributed by atoms with E-state index in [4.69, 9.17) is 9.26 Å². The van der Waals surface area contributed by atoms with Gasteiger partial charge in [0.2, 0.25) is 10.0 Å². The van der Waals surface area contributed by atoms with Crippen molar-refractivity contribution in [1.82, 2.24) is 14.8 Å². The number of alkyl halides is 3. The van der Waals surface area contributed by atoms with E-state index in [1.54, 1.807) is 23.1 Å². The number of benzene rings is 2. The minimum atomic E-state index is -4.87. The van der Waals surface area contributed by atoms with E-state index in [1.807, 2.05) is 4.72 Å². The van der Waals surface area contributed by atoms with E-state index in [-0.39, 0.29) is 59.3 Å². The molecule has 2 N–H and O–H groups in total. The lowest BCUT2D eigenvalue weighted by atomic mass is 9.99. The van der Waals surface area contributed by atoms with Crippen LogP contribution < -0.4 is 14.8 Å². The largest absolute Gasteiger partial charge is 0.573 e. The van der Waals surface area contributed by atoms with Gasteiger partial charge in [0, 0.05) is 40.4 Å². The summed E-state index contributed by atoms with van der Waals surface area (Å²) in [5.41, 5.74) is 1.46. The van der Waals surface area contributed by atoms with Crippen molar-refractivity contribution >= 4 is 27.6 Å². The van der Waals surface area contributed by atoms with Gasteiger partial charge in [0.15, 0.2) is 0 Å². The van der Waals surface area contributed by atoms with Gasteiger partial charge in [-0.25, -0.2) is 17.9 Å². The summed E-state index contributed by atoms with van der Waals surface area (Å²) in [5.74, 6) is -0.415. The molecule has 3 aliphatic rings. The summed E-state index contributed by atoms with van der Waals surface area (Å²) in [6.45, 7) is 3.01. The topological polar surface area (TPSA) is 140 Å². The van der Waals surface area contributed by atoms with Crippen LogP contribution in [0.2, 0.25) is 0 Å². The molecule has 2 unspecified atom stereocenters. The Labute approximate surface area is 269 Å². The number of carbonyl (C=O) groups excluding carboxylic acids is 2. The molecule has 0 radical (unpaired) electrons. The Kier molecular flexibility index (Phi) is 8.96. The fraction of sp³-hybridized carbons (Fsp3) is 0.469. The zero-order valence-corrected chi connectivity index (χ0v) is 26.6. The lowest BCUT2D eigenvalue weighted by Gasteiger charge is -2.38. The van der Waals surface area contributed by atoms with E-state index < -0.39 is 27.5 Å². The molecule has 3 heterocycles. The fourth-order valence-corrected chi connectivity index (χ4v) is 6.86. The fourth-order valence-electron chi connectivity index (χ4n) is 6.24. The average molecular weight is 677 g/mol. The Morgan fingerprint density at radius 1 is 1.04 bits per heavy atom. The van der Waals surface area contributed by atoms with Crippen LogP contribution in [-0.4, -0.2) is 60.2 Å². The van der Waals surface area contributed by atoms with E-state index in [0.29, 0.717) is 29.9 Å². The summed E-state index contributed by atoms with van der Waals surface area (Å²) in [4.78, 5) is 27.7. The Hall–Kier alpha value is -4.11. The van der Waals surface area contributed by atoms with Crippen molar-refractivity contribution < 1.29 is 45.2 Å². The molecular formula is C32H35F3N4O7S. The minimum Gasteiger partial charge on any atom is -0.405 e. The first-order valence-corrected chi connectivity index (χ1v) is 17.0. The number of rotatable bonds is 10. The first-order valence-electron chi connectivity index (χ1n) is 15.5. The quantitative estimate of drug-likeness (QED) is 0.254. The van der Waals surface area contributed by atoms with Crippen molar-refractivity contribution in [3.05, 3.63) is 65.4 Å². The number of sulfonamides is 1. The number of amides is 3. The van der Waals surface area contributed by atoms with Gasteiger partial charge in [-0.3, -0.25) is 4.79 Å². The number of aromatic nitrogens is 1. The molecule has 3 aromatic rings. The maximum absolute atomic E-state index is 13.4. The number of urea groups is 1. The van der Waals surface area contributed by atoms with E-state index >= 15 is 0 Å². The third-order valence-corrected chi connectivity index (χ3v) is 10.5. The molecule has 2 saturated heterocycles. The van der Waals surface area contributed by atoms with Crippen molar-refractivity contribution in [2.24, 2.45) is 0 Å².